The normalized spacial score (nSPS) is 22.3. The summed E-state index contributed by atoms with van der Waals surface area (Å²) in [7, 11) is -2.12. The molecule has 1 aliphatic heterocycles. The fraction of sp³-hybridized carbons (Fsp3) is 0.438. The molecule has 0 aromatic carbocycles. The van der Waals surface area contributed by atoms with Gasteiger partial charge in [0.15, 0.2) is 0 Å². The molecule has 0 saturated heterocycles. The second kappa shape index (κ2) is 6.82. The summed E-state index contributed by atoms with van der Waals surface area (Å²) in [6.45, 7) is 3.71. The summed E-state index contributed by atoms with van der Waals surface area (Å²) in [4.78, 5) is 27.6. The van der Waals surface area contributed by atoms with Crippen LogP contribution in [0, 0.1) is 11.8 Å². The summed E-state index contributed by atoms with van der Waals surface area (Å²) < 4.78 is 23.6. The molecule has 0 aromatic rings. The molecule has 7 nitrogen and oxygen atoms in total. The minimum Gasteiger partial charge on any atom is -0.325 e. The monoisotopic (exact) mass is 351 g/mol. The molecule has 1 aliphatic carbocycles. The third kappa shape index (κ3) is 4.27. The third-order valence-corrected chi connectivity index (χ3v) is 5.13. The predicted octanol–water partition coefficient (Wildman–Crippen LogP) is 0.627. The Morgan fingerprint density at radius 2 is 2.04 bits per heavy atom. The van der Waals surface area contributed by atoms with E-state index in [1.165, 1.54) is 7.05 Å². The van der Waals surface area contributed by atoms with Crippen molar-refractivity contribution in [2.45, 2.75) is 13.8 Å². The Morgan fingerprint density at radius 1 is 1.38 bits per heavy atom. The van der Waals surface area contributed by atoms with Gasteiger partial charge in [0.25, 0.3) is 5.91 Å². The van der Waals surface area contributed by atoms with Gasteiger partial charge in [0.05, 0.1) is 18.5 Å². The van der Waals surface area contributed by atoms with E-state index >= 15 is 0 Å². The molecule has 2 rings (SSSR count). The lowest BCUT2D eigenvalue weighted by Gasteiger charge is -2.29. The molecule has 0 radical (unpaired) electrons. The standard InChI is InChI=1S/C16H21N3O4S/c1-10(2)13-8-15(20)18-14-7-11(5-6-12(13)14)17-16(21)9-19(3)24(4,22)23/h5-8,10,12H,9H2,1-4H3,(H,18,20). The number of likely N-dealkylation sites (N-methyl/N-ethyl adjacent to an activating group) is 1. The van der Waals surface area contributed by atoms with Crippen molar-refractivity contribution in [3.8, 4) is 0 Å². The molecule has 1 atom stereocenters. The van der Waals surface area contributed by atoms with Gasteiger partial charge in [-0.05, 0) is 23.6 Å². The van der Waals surface area contributed by atoms with Gasteiger partial charge >= 0.3 is 0 Å². The first kappa shape index (κ1) is 18.3. The molecule has 0 aromatic heterocycles. The first-order chi connectivity index (χ1) is 11.1. The van der Waals surface area contributed by atoms with Crippen LogP contribution >= 0.6 is 0 Å². The van der Waals surface area contributed by atoms with Gasteiger partial charge < -0.3 is 5.32 Å². The summed E-state index contributed by atoms with van der Waals surface area (Å²) in [6, 6.07) is 0. The highest BCUT2D eigenvalue weighted by molar-refractivity contribution is 7.88. The number of allylic oxidation sites excluding steroid dienone is 3. The van der Waals surface area contributed by atoms with Crippen LogP contribution < -0.4 is 5.32 Å². The van der Waals surface area contributed by atoms with Crippen LogP contribution in [0.2, 0.25) is 0 Å². The molecule has 8 heteroatoms. The minimum atomic E-state index is -3.44. The molecule has 2 amide bonds. The second-order valence-electron chi connectivity index (χ2n) is 6.17. The maximum absolute atomic E-state index is 11.9. The fourth-order valence-electron chi connectivity index (χ4n) is 2.50. The highest BCUT2D eigenvalue weighted by atomic mass is 32.2. The first-order valence-corrected chi connectivity index (χ1v) is 9.38. The van der Waals surface area contributed by atoms with E-state index in [4.69, 9.17) is 0 Å². The summed E-state index contributed by atoms with van der Waals surface area (Å²) in [5.74, 6) is -0.577. The first-order valence-electron chi connectivity index (χ1n) is 7.53. The highest BCUT2D eigenvalue weighted by Gasteiger charge is 2.28. The molecule has 1 heterocycles. The SMILES string of the molecule is CC(C)C1=CC(=O)NC2=CC(=NC(=O)CN(C)S(C)(=O)=O)C=CC21. The smallest absolute Gasteiger partial charge is 0.261 e. The number of rotatable bonds is 4. The van der Waals surface area contributed by atoms with Crippen molar-refractivity contribution in [3.63, 3.8) is 0 Å². The van der Waals surface area contributed by atoms with Gasteiger partial charge in [-0.25, -0.2) is 13.4 Å². The molecule has 130 valence electrons. The van der Waals surface area contributed by atoms with Gasteiger partial charge in [0.2, 0.25) is 15.9 Å². The molecule has 0 saturated carbocycles. The van der Waals surface area contributed by atoms with Crippen molar-refractivity contribution >= 4 is 27.5 Å². The number of hydrogen-bond acceptors (Lipinski definition) is 4. The van der Waals surface area contributed by atoms with Gasteiger partial charge in [0.1, 0.15) is 0 Å². The Hall–Kier alpha value is -2.06. The molecule has 1 unspecified atom stereocenters. The lowest BCUT2D eigenvalue weighted by Crippen LogP contribution is -2.34. The zero-order valence-electron chi connectivity index (χ0n) is 14.1. The van der Waals surface area contributed by atoms with Crippen molar-refractivity contribution in [1.82, 2.24) is 9.62 Å². The summed E-state index contributed by atoms with van der Waals surface area (Å²) in [6.07, 6.45) is 7.87. The Balaban J connectivity index is 2.19. The van der Waals surface area contributed by atoms with E-state index in [0.717, 1.165) is 16.1 Å². The Kier molecular flexibility index (Phi) is 5.19. The number of aliphatic imine (C=N–C) groups is 1. The van der Waals surface area contributed by atoms with E-state index in [2.05, 4.69) is 10.3 Å². The zero-order valence-corrected chi connectivity index (χ0v) is 14.9. The number of fused-ring (bicyclic) bond motifs is 1. The van der Waals surface area contributed by atoms with Gasteiger partial charge in [-0.2, -0.15) is 4.31 Å². The topological polar surface area (TPSA) is 95.9 Å². The number of nitrogens with one attached hydrogen (secondary N) is 1. The average Bonchev–Trinajstić information content (AvgIpc) is 2.44. The van der Waals surface area contributed by atoms with Gasteiger partial charge in [-0.1, -0.05) is 19.9 Å². The molecule has 1 N–H and O–H groups in total. The van der Waals surface area contributed by atoms with E-state index in [9.17, 15) is 18.0 Å². The van der Waals surface area contributed by atoms with Crippen LogP contribution in [0.1, 0.15) is 13.8 Å². The maximum Gasteiger partial charge on any atom is 0.261 e. The van der Waals surface area contributed by atoms with Crippen LogP contribution in [0.5, 0.6) is 0 Å². The molecule has 0 bridgehead atoms. The van der Waals surface area contributed by atoms with Gasteiger partial charge in [0, 0.05) is 24.7 Å². The van der Waals surface area contributed by atoms with Crippen LogP contribution in [0.4, 0.5) is 0 Å². The van der Waals surface area contributed by atoms with E-state index in [1.54, 1.807) is 18.2 Å². The van der Waals surface area contributed by atoms with Crippen LogP contribution in [0.3, 0.4) is 0 Å². The van der Waals surface area contributed by atoms with Gasteiger partial charge in [-0.15, -0.1) is 0 Å². The third-order valence-electron chi connectivity index (χ3n) is 3.87. The lowest BCUT2D eigenvalue weighted by molar-refractivity contribution is -0.118. The zero-order chi connectivity index (χ0) is 18.1. The average molecular weight is 351 g/mol. The van der Waals surface area contributed by atoms with Crippen LogP contribution in [0.25, 0.3) is 0 Å². The van der Waals surface area contributed by atoms with Crippen LogP contribution in [-0.2, 0) is 19.6 Å². The lowest BCUT2D eigenvalue weighted by atomic mass is 9.82. The molecule has 2 aliphatic rings. The number of carbonyl (C=O) groups is 2. The van der Waals surface area contributed by atoms with Crippen LogP contribution in [-0.4, -0.2) is 50.1 Å². The van der Waals surface area contributed by atoms with E-state index < -0.39 is 15.9 Å². The van der Waals surface area contributed by atoms with Gasteiger partial charge in [-0.3, -0.25) is 9.59 Å². The Morgan fingerprint density at radius 3 is 2.62 bits per heavy atom. The second-order valence-corrected chi connectivity index (χ2v) is 8.26. The largest absolute Gasteiger partial charge is 0.325 e. The maximum atomic E-state index is 11.9. The van der Waals surface area contributed by atoms with E-state index in [1.807, 2.05) is 19.9 Å². The number of amides is 2. The van der Waals surface area contributed by atoms with E-state index in [0.29, 0.717) is 11.4 Å². The summed E-state index contributed by atoms with van der Waals surface area (Å²) in [5.41, 5.74) is 2.07. The summed E-state index contributed by atoms with van der Waals surface area (Å²) in [5, 5.41) is 2.77. The minimum absolute atomic E-state index is 0.0320. The van der Waals surface area contributed by atoms with E-state index in [-0.39, 0.29) is 24.3 Å². The predicted molar refractivity (Wildman–Crippen MR) is 91.7 cm³/mol. The molecule has 24 heavy (non-hydrogen) atoms. The molecular formula is C16H21N3O4S. The van der Waals surface area contributed by atoms with Crippen molar-refractivity contribution in [1.29, 1.82) is 0 Å². The van der Waals surface area contributed by atoms with Crippen molar-refractivity contribution in [3.05, 3.63) is 35.6 Å². The quantitative estimate of drug-likeness (QED) is 0.803. The number of carbonyl (C=O) groups excluding carboxylic acids is 2. The van der Waals surface area contributed by atoms with Crippen molar-refractivity contribution in [2.75, 3.05) is 19.8 Å². The Bertz CT molecular complexity index is 788. The highest BCUT2D eigenvalue weighted by Crippen LogP contribution is 2.31. The Labute approximate surface area is 141 Å². The molecular weight excluding hydrogens is 330 g/mol. The fourth-order valence-corrected chi connectivity index (χ4v) is 2.85. The summed E-state index contributed by atoms with van der Waals surface area (Å²) >= 11 is 0. The van der Waals surface area contributed by atoms with Crippen molar-refractivity contribution < 1.29 is 18.0 Å². The number of sulfonamides is 1. The molecule has 0 spiro atoms. The van der Waals surface area contributed by atoms with Crippen molar-refractivity contribution in [2.24, 2.45) is 16.8 Å². The van der Waals surface area contributed by atoms with Crippen LogP contribution in [0.15, 0.2) is 40.6 Å². The number of hydrogen-bond donors (Lipinski definition) is 1. The number of nitrogens with zero attached hydrogens (tertiary/aromatic N) is 2. The molecule has 0 fully saturated rings.